The highest BCUT2D eigenvalue weighted by molar-refractivity contribution is 7.47. The minimum atomic E-state index is -1.23. The van der Waals surface area contributed by atoms with Crippen molar-refractivity contribution in [3.05, 3.63) is 108 Å². The Morgan fingerprint density at radius 1 is 0.594 bits per heavy atom. The molecule has 0 amide bonds. The van der Waals surface area contributed by atoms with E-state index in [1.165, 1.54) is 0 Å². The second-order valence-corrected chi connectivity index (χ2v) is 9.29. The topological polar surface area (TPSA) is 36.9 Å². The summed E-state index contributed by atoms with van der Waals surface area (Å²) < 4.78 is 25.3. The molecule has 2 bridgehead atoms. The maximum absolute atomic E-state index is 6.45. The van der Waals surface area contributed by atoms with Crippen molar-refractivity contribution in [3.63, 3.8) is 0 Å². The molecule has 0 aromatic heterocycles. The fourth-order valence-electron chi connectivity index (χ4n) is 4.66. The predicted molar refractivity (Wildman–Crippen MR) is 126 cm³/mol. The molecule has 2 aliphatic heterocycles. The molecule has 0 radical (unpaired) electrons. The van der Waals surface area contributed by atoms with Crippen LogP contribution in [-0.4, -0.2) is 6.66 Å². The Morgan fingerprint density at radius 3 is 1.97 bits per heavy atom. The van der Waals surface area contributed by atoms with Gasteiger partial charge in [-0.05, 0) is 43.3 Å². The summed E-state index contributed by atoms with van der Waals surface area (Å²) in [5.41, 5.74) is 2.51. The second-order valence-electron chi connectivity index (χ2n) is 8.05. The Bertz CT molecular complexity index is 1330. The average Bonchev–Trinajstić information content (AvgIpc) is 2.79. The molecule has 2 aliphatic rings. The van der Waals surface area contributed by atoms with Crippen molar-refractivity contribution < 1.29 is 18.5 Å². The van der Waals surface area contributed by atoms with Gasteiger partial charge in [-0.25, -0.2) is 0 Å². The lowest BCUT2D eigenvalue weighted by Crippen LogP contribution is -2.30. The normalized spacial score (nSPS) is 20.4. The third kappa shape index (κ3) is 2.95. The van der Waals surface area contributed by atoms with E-state index in [9.17, 15) is 0 Å². The quantitative estimate of drug-likeness (QED) is 0.263. The first kappa shape index (κ1) is 19.2. The third-order valence-electron chi connectivity index (χ3n) is 6.05. The van der Waals surface area contributed by atoms with Crippen LogP contribution in [0, 0.1) is 0 Å². The maximum atomic E-state index is 6.45. The minimum absolute atomic E-state index is 0.565. The summed E-state index contributed by atoms with van der Waals surface area (Å²) in [5.74, 6) is 4.57. The molecule has 4 aromatic carbocycles. The van der Waals surface area contributed by atoms with Crippen molar-refractivity contribution in [2.45, 2.75) is 12.3 Å². The molecule has 6 rings (SSSR count). The molecule has 4 aromatic rings. The van der Waals surface area contributed by atoms with Crippen LogP contribution in [0.1, 0.15) is 23.6 Å². The molecule has 0 fully saturated rings. The molecule has 5 heteroatoms. The molecule has 0 saturated heterocycles. The number of para-hydroxylation sites is 2. The zero-order chi connectivity index (χ0) is 21.7. The predicted octanol–water partition coefficient (Wildman–Crippen LogP) is 7.65. The summed E-state index contributed by atoms with van der Waals surface area (Å²) in [6.45, 7) is 4.17. The van der Waals surface area contributed by atoms with Gasteiger partial charge in [0.2, 0.25) is 0 Å². The van der Waals surface area contributed by atoms with Crippen molar-refractivity contribution in [1.82, 2.24) is 0 Å². The molecule has 32 heavy (non-hydrogen) atoms. The van der Waals surface area contributed by atoms with Gasteiger partial charge in [0.05, 0.1) is 11.0 Å². The van der Waals surface area contributed by atoms with Gasteiger partial charge in [-0.3, -0.25) is 0 Å². The van der Waals surface area contributed by atoms with Crippen LogP contribution in [0.4, 0.5) is 0 Å². The van der Waals surface area contributed by atoms with E-state index in [0.29, 0.717) is 5.75 Å². The third-order valence-corrected chi connectivity index (χ3v) is 6.98. The van der Waals surface area contributed by atoms with Gasteiger partial charge < -0.3 is 18.5 Å². The highest BCUT2D eigenvalue weighted by atomic mass is 31.2. The molecular formula is C27H21O4P. The summed E-state index contributed by atoms with van der Waals surface area (Å²) >= 11 is 0. The van der Waals surface area contributed by atoms with E-state index < -0.39 is 13.8 Å². The molecule has 158 valence electrons. The lowest BCUT2D eigenvalue weighted by molar-refractivity contribution is 0.402. The standard InChI is InChI=1S/C27H21O4P/c1-27-20-11-3-5-13-22(20)28-18-9-7-10-19(17-18)30-32(2)31-25-16-8-15-24(26(25)27)29-23-14-6-4-12-21(23)27/h3-17H,1-2H3/t27-,32?/m0/s1. The van der Waals surface area contributed by atoms with Gasteiger partial charge in [-0.2, -0.15) is 0 Å². The van der Waals surface area contributed by atoms with Crippen molar-refractivity contribution in [3.8, 4) is 34.5 Å². The van der Waals surface area contributed by atoms with Gasteiger partial charge in [0, 0.05) is 23.9 Å². The van der Waals surface area contributed by atoms with Crippen molar-refractivity contribution in [2.24, 2.45) is 0 Å². The molecule has 0 N–H and O–H groups in total. The van der Waals surface area contributed by atoms with E-state index in [1.807, 2.05) is 85.5 Å². The lowest BCUT2D eigenvalue weighted by atomic mass is 9.68. The van der Waals surface area contributed by atoms with Gasteiger partial charge in [0.1, 0.15) is 34.5 Å². The summed E-state index contributed by atoms with van der Waals surface area (Å²) in [7, 11) is -1.23. The Kier molecular flexibility index (Phi) is 4.38. The van der Waals surface area contributed by atoms with E-state index in [0.717, 1.165) is 45.4 Å². The average molecular weight is 440 g/mol. The number of fused-ring (bicyclic) bond motifs is 6. The van der Waals surface area contributed by atoms with Crippen LogP contribution < -0.4 is 18.5 Å². The van der Waals surface area contributed by atoms with Crippen molar-refractivity contribution in [2.75, 3.05) is 6.66 Å². The molecule has 0 spiro atoms. The van der Waals surface area contributed by atoms with Crippen molar-refractivity contribution in [1.29, 1.82) is 0 Å². The largest absolute Gasteiger partial charge is 0.457 e. The Labute approximate surface area is 188 Å². The first-order chi connectivity index (χ1) is 15.6. The Balaban J connectivity index is 1.69. The number of hydrogen-bond acceptors (Lipinski definition) is 4. The van der Waals surface area contributed by atoms with E-state index in [1.54, 1.807) is 0 Å². The van der Waals surface area contributed by atoms with E-state index in [-0.39, 0.29) is 0 Å². The highest BCUT2D eigenvalue weighted by Gasteiger charge is 2.44. The number of ether oxygens (including phenoxy) is 2. The van der Waals surface area contributed by atoms with E-state index >= 15 is 0 Å². The van der Waals surface area contributed by atoms with Crippen LogP contribution in [-0.2, 0) is 5.41 Å². The SMILES string of the molecule is CP1Oc2cccc(c2)Oc2ccccc2[C@@]2(C)c3ccccc3Oc3cccc(c32)O1. The van der Waals surface area contributed by atoms with Crippen LogP contribution in [0.2, 0.25) is 0 Å². The smallest absolute Gasteiger partial charge is 0.286 e. The summed E-state index contributed by atoms with van der Waals surface area (Å²) in [6.07, 6.45) is 0. The van der Waals surface area contributed by atoms with Crippen LogP contribution in [0.25, 0.3) is 0 Å². The van der Waals surface area contributed by atoms with Gasteiger partial charge in [0.25, 0.3) is 8.38 Å². The summed E-state index contributed by atoms with van der Waals surface area (Å²) in [5, 5.41) is 0. The van der Waals surface area contributed by atoms with Gasteiger partial charge in [0.15, 0.2) is 0 Å². The zero-order valence-corrected chi connectivity index (χ0v) is 18.6. The molecule has 0 saturated carbocycles. The summed E-state index contributed by atoms with van der Waals surface area (Å²) in [4.78, 5) is 0. The molecule has 2 heterocycles. The van der Waals surface area contributed by atoms with E-state index in [2.05, 4.69) is 19.1 Å². The fraction of sp³-hybridized carbons (Fsp3) is 0.111. The number of hydrogen-bond donors (Lipinski definition) is 0. The number of rotatable bonds is 0. The molecular weight excluding hydrogens is 419 g/mol. The fourth-order valence-corrected chi connectivity index (χ4v) is 5.54. The zero-order valence-electron chi connectivity index (χ0n) is 17.7. The molecule has 1 unspecified atom stereocenters. The van der Waals surface area contributed by atoms with Crippen LogP contribution in [0.15, 0.2) is 91.0 Å². The first-order valence-corrected chi connectivity index (χ1v) is 12.1. The van der Waals surface area contributed by atoms with Crippen molar-refractivity contribution >= 4 is 8.38 Å². The molecule has 4 nitrogen and oxygen atoms in total. The molecule has 0 aliphatic carbocycles. The van der Waals surface area contributed by atoms with Crippen LogP contribution >= 0.6 is 8.38 Å². The van der Waals surface area contributed by atoms with Gasteiger partial charge in [-0.15, -0.1) is 0 Å². The van der Waals surface area contributed by atoms with Crippen LogP contribution in [0.3, 0.4) is 0 Å². The Hall–Kier alpha value is -3.49. The molecule has 2 atom stereocenters. The first-order valence-electron chi connectivity index (χ1n) is 10.5. The second kappa shape index (κ2) is 7.29. The lowest BCUT2D eigenvalue weighted by Gasteiger charge is -2.39. The Morgan fingerprint density at radius 2 is 1.19 bits per heavy atom. The van der Waals surface area contributed by atoms with E-state index in [4.69, 9.17) is 18.5 Å². The highest BCUT2D eigenvalue weighted by Crippen LogP contribution is 2.57. The summed E-state index contributed by atoms with van der Waals surface area (Å²) in [6, 6.07) is 30.0. The maximum Gasteiger partial charge on any atom is 0.286 e. The monoisotopic (exact) mass is 440 g/mol. The van der Waals surface area contributed by atoms with Gasteiger partial charge in [-0.1, -0.05) is 48.5 Å². The van der Waals surface area contributed by atoms with Gasteiger partial charge >= 0.3 is 0 Å². The minimum Gasteiger partial charge on any atom is -0.457 e. The van der Waals surface area contributed by atoms with Crippen LogP contribution in [0.5, 0.6) is 34.5 Å². The number of benzene rings is 4.